The Bertz CT molecular complexity index is 1730. The molecule has 1 aliphatic carbocycles. The van der Waals surface area contributed by atoms with Crippen LogP contribution in [0.5, 0.6) is 0 Å². The molecular formula is C37H40BrN3O4S. The summed E-state index contributed by atoms with van der Waals surface area (Å²) in [5, 5.41) is 3.25. The van der Waals surface area contributed by atoms with Crippen molar-refractivity contribution < 1.29 is 18.0 Å². The van der Waals surface area contributed by atoms with E-state index in [1.165, 1.54) is 12.1 Å². The molecular weight excluding hydrogens is 662 g/mol. The molecule has 0 heterocycles. The smallest absolute Gasteiger partial charge is 0.264 e. The van der Waals surface area contributed by atoms with E-state index in [4.69, 9.17) is 0 Å². The monoisotopic (exact) mass is 701 g/mol. The van der Waals surface area contributed by atoms with Gasteiger partial charge in [-0.1, -0.05) is 120 Å². The van der Waals surface area contributed by atoms with Gasteiger partial charge in [-0.25, -0.2) is 8.42 Å². The van der Waals surface area contributed by atoms with Crippen molar-refractivity contribution in [2.45, 2.75) is 69.0 Å². The zero-order valence-electron chi connectivity index (χ0n) is 26.0. The van der Waals surface area contributed by atoms with Gasteiger partial charge < -0.3 is 10.2 Å². The number of carbonyl (C=O) groups is 2. The maximum Gasteiger partial charge on any atom is 0.264 e. The molecule has 1 aliphatic rings. The molecule has 46 heavy (non-hydrogen) atoms. The Labute approximate surface area is 280 Å². The predicted molar refractivity (Wildman–Crippen MR) is 186 cm³/mol. The van der Waals surface area contributed by atoms with Crippen molar-refractivity contribution in [2.24, 2.45) is 0 Å². The summed E-state index contributed by atoms with van der Waals surface area (Å²) in [6.07, 6.45) is 5.36. The number of benzene rings is 4. The van der Waals surface area contributed by atoms with Crippen LogP contribution in [0, 0.1) is 6.92 Å². The van der Waals surface area contributed by atoms with Crippen molar-refractivity contribution in [3.05, 3.63) is 130 Å². The van der Waals surface area contributed by atoms with Crippen LogP contribution in [-0.2, 0) is 32.6 Å². The van der Waals surface area contributed by atoms with Crippen LogP contribution in [0.3, 0.4) is 0 Å². The van der Waals surface area contributed by atoms with Crippen molar-refractivity contribution in [1.82, 2.24) is 10.2 Å². The Morgan fingerprint density at radius 1 is 0.826 bits per heavy atom. The Hall–Kier alpha value is -3.95. The molecule has 0 spiro atoms. The highest BCUT2D eigenvalue weighted by molar-refractivity contribution is 9.10. The van der Waals surface area contributed by atoms with Crippen molar-refractivity contribution in [2.75, 3.05) is 10.8 Å². The molecule has 2 amide bonds. The van der Waals surface area contributed by atoms with Crippen LogP contribution >= 0.6 is 15.9 Å². The number of anilines is 1. The first-order chi connectivity index (χ1) is 22.2. The molecule has 0 radical (unpaired) electrons. The zero-order chi connectivity index (χ0) is 32.5. The number of hydrogen-bond acceptors (Lipinski definition) is 4. The fraction of sp³-hybridized carbons (Fsp3) is 0.297. The lowest BCUT2D eigenvalue weighted by Gasteiger charge is -2.35. The van der Waals surface area contributed by atoms with E-state index < -0.39 is 28.5 Å². The molecule has 4 aromatic carbocycles. The molecule has 0 saturated heterocycles. The van der Waals surface area contributed by atoms with Gasteiger partial charge in [0.1, 0.15) is 12.6 Å². The highest BCUT2D eigenvalue weighted by atomic mass is 79.9. The summed E-state index contributed by atoms with van der Waals surface area (Å²) in [7, 11) is -4.14. The number of carbonyl (C=O) groups excluding carboxylic acids is 2. The van der Waals surface area contributed by atoms with Crippen LogP contribution < -0.4 is 9.62 Å². The largest absolute Gasteiger partial charge is 0.352 e. The third kappa shape index (κ3) is 8.65. The van der Waals surface area contributed by atoms with E-state index in [0.29, 0.717) is 16.6 Å². The highest BCUT2D eigenvalue weighted by Crippen LogP contribution is 2.27. The molecule has 1 saturated carbocycles. The fourth-order valence-corrected chi connectivity index (χ4v) is 7.80. The van der Waals surface area contributed by atoms with E-state index in [1.54, 1.807) is 47.4 Å². The predicted octanol–water partition coefficient (Wildman–Crippen LogP) is 7.04. The number of sulfonamides is 1. The van der Waals surface area contributed by atoms with Gasteiger partial charge in [-0.3, -0.25) is 13.9 Å². The third-order valence-corrected chi connectivity index (χ3v) is 10.6. The number of rotatable bonds is 12. The van der Waals surface area contributed by atoms with E-state index >= 15 is 0 Å². The third-order valence-electron chi connectivity index (χ3n) is 8.36. The van der Waals surface area contributed by atoms with Gasteiger partial charge in [0, 0.05) is 23.5 Å². The van der Waals surface area contributed by atoms with E-state index in [0.717, 1.165) is 53.1 Å². The van der Waals surface area contributed by atoms with E-state index in [2.05, 4.69) is 21.2 Å². The first-order valence-corrected chi connectivity index (χ1v) is 18.0. The summed E-state index contributed by atoms with van der Waals surface area (Å²) < 4.78 is 30.1. The molecule has 0 unspecified atom stereocenters. The van der Waals surface area contributed by atoms with Crippen LogP contribution in [-0.4, -0.2) is 43.8 Å². The molecule has 240 valence electrons. The van der Waals surface area contributed by atoms with Crippen LogP contribution in [0.4, 0.5) is 5.69 Å². The van der Waals surface area contributed by atoms with Crippen LogP contribution in [0.25, 0.3) is 0 Å². The van der Waals surface area contributed by atoms with Crippen LogP contribution in [0.15, 0.2) is 119 Å². The van der Waals surface area contributed by atoms with Gasteiger partial charge >= 0.3 is 0 Å². The standard InChI is InChI=1S/C37H40BrN3O4S/c1-28-13-11-16-30(23-28)26-40(35(24-29-14-5-2-6-15-29)37(43)39-32-18-7-3-8-19-32)36(42)27-41(33-20-12-17-31(38)25-33)46(44,45)34-21-9-4-10-22-34/h2,4-6,9-17,20-23,25,32,35H,3,7-8,18-19,24,26-27H2,1H3,(H,39,43)/t35-/m0/s1. The second-order valence-electron chi connectivity index (χ2n) is 11.9. The maximum atomic E-state index is 14.6. The Morgan fingerprint density at radius 2 is 1.48 bits per heavy atom. The average molecular weight is 703 g/mol. The highest BCUT2D eigenvalue weighted by Gasteiger charge is 2.35. The van der Waals surface area contributed by atoms with Gasteiger partial charge in [0.25, 0.3) is 10.0 Å². The number of halogens is 1. The second-order valence-corrected chi connectivity index (χ2v) is 14.6. The van der Waals surface area contributed by atoms with Crippen molar-refractivity contribution >= 4 is 43.5 Å². The SMILES string of the molecule is Cc1cccc(CN(C(=O)CN(c2cccc(Br)c2)S(=O)(=O)c2ccccc2)[C@@H](Cc2ccccc2)C(=O)NC2CCCCC2)c1. The molecule has 9 heteroatoms. The first-order valence-electron chi connectivity index (χ1n) is 15.7. The molecule has 5 rings (SSSR count). The van der Waals surface area contributed by atoms with Crippen molar-refractivity contribution in [1.29, 1.82) is 0 Å². The number of aryl methyl sites for hydroxylation is 1. The minimum Gasteiger partial charge on any atom is -0.352 e. The molecule has 7 nitrogen and oxygen atoms in total. The molecule has 1 N–H and O–H groups in total. The summed E-state index contributed by atoms with van der Waals surface area (Å²) in [5.74, 6) is -0.697. The first kappa shape index (κ1) is 33.4. The molecule has 0 bridgehead atoms. The Morgan fingerprint density at radius 3 is 2.15 bits per heavy atom. The van der Waals surface area contributed by atoms with Crippen LogP contribution in [0.2, 0.25) is 0 Å². The number of amides is 2. The molecule has 1 atom stereocenters. The Kier molecular flexibility index (Phi) is 11.3. The molecule has 0 aliphatic heterocycles. The summed E-state index contributed by atoms with van der Waals surface area (Å²) >= 11 is 3.46. The van der Waals surface area contributed by atoms with Gasteiger partial charge in [-0.15, -0.1) is 0 Å². The zero-order valence-corrected chi connectivity index (χ0v) is 28.4. The summed E-state index contributed by atoms with van der Waals surface area (Å²) in [6, 6.07) is 31.6. The topological polar surface area (TPSA) is 86.8 Å². The summed E-state index contributed by atoms with van der Waals surface area (Å²) in [6.45, 7) is 1.64. The normalized spacial score (nSPS) is 14.3. The van der Waals surface area contributed by atoms with Gasteiger partial charge in [-0.05, 0) is 61.2 Å². The number of nitrogens with zero attached hydrogens (tertiary/aromatic N) is 2. The fourth-order valence-electron chi connectivity index (χ4n) is 5.99. The van der Waals surface area contributed by atoms with Crippen LogP contribution in [0.1, 0.15) is 48.8 Å². The van der Waals surface area contributed by atoms with Crippen molar-refractivity contribution in [3.63, 3.8) is 0 Å². The maximum absolute atomic E-state index is 14.6. The van der Waals surface area contributed by atoms with Gasteiger partial charge in [0.05, 0.1) is 10.6 Å². The molecule has 4 aromatic rings. The quantitative estimate of drug-likeness (QED) is 0.172. The molecule has 1 fully saturated rings. The minimum absolute atomic E-state index is 0.0482. The second kappa shape index (κ2) is 15.6. The van der Waals surface area contributed by atoms with E-state index in [1.807, 2.05) is 61.5 Å². The molecule has 0 aromatic heterocycles. The van der Waals surface area contributed by atoms with Gasteiger partial charge in [0.2, 0.25) is 11.8 Å². The van der Waals surface area contributed by atoms with E-state index in [9.17, 15) is 18.0 Å². The Balaban J connectivity index is 1.56. The minimum atomic E-state index is -4.14. The van der Waals surface area contributed by atoms with Gasteiger partial charge in [-0.2, -0.15) is 0 Å². The lowest BCUT2D eigenvalue weighted by atomic mass is 9.94. The van der Waals surface area contributed by atoms with Crippen molar-refractivity contribution in [3.8, 4) is 0 Å². The summed E-state index contributed by atoms with van der Waals surface area (Å²) in [5.41, 5.74) is 3.14. The number of hydrogen-bond donors (Lipinski definition) is 1. The number of nitrogens with one attached hydrogen (secondary N) is 1. The lowest BCUT2D eigenvalue weighted by Crippen LogP contribution is -2.55. The average Bonchev–Trinajstić information content (AvgIpc) is 3.06. The summed E-state index contributed by atoms with van der Waals surface area (Å²) in [4.78, 5) is 30.5. The van der Waals surface area contributed by atoms with Gasteiger partial charge in [0.15, 0.2) is 0 Å². The van der Waals surface area contributed by atoms with E-state index in [-0.39, 0.29) is 23.4 Å². The lowest BCUT2D eigenvalue weighted by molar-refractivity contribution is -0.140.